The van der Waals surface area contributed by atoms with E-state index in [1.807, 2.05) is 22.7 Å². The second-order valence-corrected chi connectivity index (χ2v) is 6.79. The van der Waals surface area contributed by atoms with E-state index in [2.05, 4.69) is 22.9 Å². The second-order valence-electron chi connectivity index (χ2n) is 4.96. The highest BCUT2D eigenvalue weighted by Crippen LogP contribution is 2.51. The number of aliphatic carboxylic acids is 1. The molecular weight excluding hydrogens is 276 g/mol. The second kappa shape index (κ2) is 5.47. The molecule has 0 aromatic carbocycles. The predicted molar refractivity (Wildman–Crippen MR) is 80.2 cm³/mol. The first-order valence-corrected chi connectivity index (χ1v) is 8.40. The van der Waals surface area contributed by atoms with E-state index in [1.54, 1.807) is 0 Å². The van der Waals surface area contributed by atoms with Gasteiger partial charge in [0.05, 0.1) is 0 Å². The molecule has 100 valence electrons. The van der Waals surface area contributed by atoms with E-state index in [4.69, 9.17) is 5.11 Å². The third-order valence-corrected chi connectivity index (χ3v) is 5.76. The van der Waals surface area contributed by atoms with Crippen molar-refractivity contribution in [3.8, 4) is 9.75 Å². The van der Waals surface area contributed by atoms with Crippen LogP contribution in [0, 0.1) is 0 Å². The zero-order chi connectivity index (χ0) is 13.2. The van der Waals surface area contributed by atoms with E-state index < -0.39 is 5.97 Å². The summed E-state index contributed by atoms with van der Waals surface area (Å²) in [5, 5.41) is 13.0. The fraction of sp³-hybridized carbons (Fsp3) is 0.400. The third-order valence-electron chi connectivity index (χ3n) is 3.73. The fourth-order valence-electron chi connectivity index (χ4n) is 2.84. The molecule has 2 nitrogen and oxygen atoms in total. The van der Waals surface area contributed by atoms with Crippen molar-refractivity contribution in [3.63, 3.8) is 0 Å². The summed E-state index contributed by atoms with van der Waals surface area (Å²) in [5.41, 5.74) is 2.98. The topological polar surface area (TPSA) is 37.3 Å². The van der Waals surface area contributed by atoms with Crippen LogP contribution in [0.5, 0.6) is 0 Å². The highest BCUT2D eigenvalue weighted by molar-refractivity contribution is 7.20. The van der Waals surface area contributed by atoms with Crippen molar-refractivity contribution in [3.05, 3.63) is 34.0 Å². The summed E-state index contributed by atoms with van der Waals surface area (Å²) in [5.74, 6) is -0.131. The van der Waals surface area contributed by atoms with Gasteiger partial charge in [0.1, 0.15) is 0 Å². The average Bonchev–Trinajstić information content (AvgIpc) is 3.03. The van der Waals surface area contributed by atoms with Crippen molar-refractivity contribution in [2.45, 2.75) is 38.0 Å². The minimum atomic E-state index is -0.680. The Balaban J connectivity index is 1.62. The van der Waals surface area contributed by atoms with Crippen molar-refractivity contribution >= 4 is 28.6 Å². The van der Waals surface area contributed by atoms with Gasteiger partial charge in [-0.2, -0.15) is 0 Å². The first kappa shape index (κ1) is 12.9. The van der Waals surface area contributed by atoms with Gasteiger partial charge in [-0.25, -0.2) is 0 Å². The van der Waals surface area contributed by atoms with Crippen LogP contribution in [0.2, 0.25) is 0 Å². The molecule has 0 amide bonds. The predicted octanol–water partition coefficient (Wildman–Crippen LogP) is 4.96. The maximum absolute atomic E-state index is 10.5. The lowest BCUT2D eigenvalue weighted by atomic mass is 9.93. The van der Waals surface area contributed by atoms with Crippen molar-refractivity contribution in [2.75, 3.05) is 0 Å². The number of hydrogen-bond donors (Lipinski definition) is 1. The van der Waals surface area contributed by atoms with Crippen LogP contribution in [0.15, 0.2) is 22.9 Å². The first-order valence-electron chi connectivity index (χ1n) is 6.64. The number of unbranched alkanes of at least 4 members (excludes halogenated alkanes) is 2. The Hall–Kier alpha value is -1.13. The molecule has 0 bridgehead atoms. The van der Waals surface area contributed by atoms with Gasteiger partial charge < -0.3 is 5.11 Å². The molecule has 1 N–H and O–H groups in total. The van der Waals surface area contributed by atoms with Gasteiger partial charge in [-0.1, -0.05) is 12.8 Å². The minimum absolute atomic E-state index is 0.304. The molecule has 0 aliphatic heterocycles. The molecule has 2 aromatic rings. The van der Waals surface area contributed by atoms with Gasteiger partial charge in [0, 0.05) is 22.1 Å². The molecule has 0 saturated heterocycles. The average molecular weight is 292 g/mol. The van der Waals surface area contributed by atoms with Crippen LogP contribution in [0.25, 0.3) is 9.75 Å². The van der Waals surface area contributed by atoms with E-state index in [0.717, 1.165) is 25.7 Å². The zero-order valence-corrected chi connectivity index (χ0v) is 12.2. The molecule has 0 spiro atoms. The monoisotopic (exact) mass is 292 g/mol. The van der Waals surface area contributed by atoms with Crippen LogP contribution >= 0.6 is 22.7 Å². The van der Waals surface area contributed by atoms with Crippen LogP contribution in [0.4, 0.5) is 0 Å². The quantitative estimate of drug-likeness (QED) is 0.764. The molecule has 0 radical (unpaired) electrons. The third kappa shape index (κ3) is 2.47. The summed E-state index contributed by atoms with van der Waals surface area (Å²) >= 11 is 3.69. The Morgan fingerprint density at radius 2 is 1.68 bits per heavy atom. The Morgan fingerprint density at radius 1 is 1.05 bits per heavy atom. The molecule has 3 rings (SSSR count). The maximum atomic E-state index is 10.5. The summed E-state index contributed by atoms with van der Waals surface area (Å²) in [7, 11) is 0. The van der Waals surface area contributed by atoms with Crippen molar-refractivity contribution in [1.82, 2.24) is 0 Å². The first-order chi connectivity index (χ1) is 9.27. The van der Waals surface area contributed by atoms with Gasteiger partial charge in [-0.05, 0) is 46.9 Å². The van der Waals surface area contributed by atoms with Crippen LogP contribution in [0.3, 0.4) is 0 Å². The minimum Gasteiger partial charge on any atom is -0.481 e. The maximum Gasteiger partial charge on any atom is 0.303 e. The summed E-state index contributed by atoms with van der Waals surface area (Å²) in [6, 6.07) is 4.52. The number of rotatable bonds is 6. The highest BCUT2D eigenvalue weighted by atomic mass is 32.1. The fourth-order valence-corrected chi connectivity index (χ4v) is 4.97. The lowest BCUT2D eigenvalue weighted by Gasteiger charge is -2.10. The molecule has 4 heteroatoms. The molecular formula is C15H16O2S2. The molecule has 2 heterocycles. The van der Waals surface area contributed by atoms with Gasteiger partial charge in [-0.3, -0.25) is 4.79 Å². The smallest absolute Gasteiger partial charge is 0.303 e. The largest absolute Gasteiger partial charge is 0.481 e. The number of carboxylic acids is 1. The lowest BCUT2D eigenvalue weighted by molar-refractivity contribution is -0.137. The van der Waals surface area contributed by atoms with Crippen molar-refractivity contribution in [2.24, 2.45) is 0 Å². The van der Waals surface area contributed by atoms with Crippen molar-refractivity contribution in [1.29, 1.82) is 0 Å². The summed E-state index contributed by atoms with van der Waals surface area (Å²) in [6.07, 6.45) is 4.38. The van der Waals surface area contributed by atoms with Gasteiger partial charge in [0.15, 0.2) is 0 Å². The lowest BCUT2D eigenvalue weighted by Crippen LogP contribution is -1.97. The van der Waals surface area contributed by atoms with E-state index in [9.17, 15) is 4.79 Å². The summed E-state index contributed by atoms with van der Waals surface area (Å²) in [6.45, 7) is 0. The van der Waals surface area contributed by atoms with E-state index in [1.165, 1.54) is 20.9 Å². The van der Waals surface area contributed by atoms with Gasteiger partial charge in [-0.15, -0.1) is 22.7 Å². The van der Waals surface area contributed by atoms with Crippen LogP contribution < -0.4 is 0 Å². The highest BCUT2D eigenvalue weighted by Gasteiger charge is 2.30. The Morgan fingerprint density at radius 3 is 2.26 bits per heavy atom. The van der Waals surface area contributed by atoms with Gasteiger partial charge >= 0.3 is 5.97 Å². The Labute approximate surface area is 120 Å². The van der Waals surface area contributed by atoms with E-state index in [0.29, 0.717) is 12.3 Å². The van der Waals surface area contributed by atoms with E-state index >= 15 is 0 Å². The number of carbonyl (C=O) groups is 1. The molecule has 0 saturated carbocycles. The zero-order valence-electron chi connectivity index (χ0n) is 10.6. The van der Waals surface area contributed by atoms with Crippen molar-refractivity contribution < 1.29 is 9.90 Å². The molecule has 1 aliphatic rings. The Bertz CT molecular complexity index is 542. The molecule has 19 heavy (non-hydrogen) atoms. The molecule has 0 fully saturated rings. The number of carboxylic acid groups (broad SMARTS) is 1. The Kier molecular flexibility index (Phi) is 3.71. The number of hydrogen-bond acceptors (Lipinski definition) is 3. The van der Waals surface area contributed by atoms with Gasteiger partial charge in [0.25, 0.3) is 0 Å². The molecule has 2 aromatic heterocycles. The van der Waals surface area contributed by atoms with Crippen LogP contribution in [0.1, 0.15) is 49.1 Å². The number of thiophene rings is 2. The van der Waals surface area contributed by atoms with Gasteiger partial charge in [0.2, 0.25) is 0 Å². The molecule has 0 atom stereocenters. The van der Waals surface area contributed by atoms with E-state index in [-0.39, 0.29) is 0 Å². The SMILES string of the molecule is O=C(O)CCCCCC1c2ccsc2-c2sccc21. The summed E-state index contributed by atoms with van der Waals surface area (Å²) < 4.78 is 0. The number of fused-ring (bicyclic) bond motifs is 3. The normalized spacial score (nSPS) is 13.5. The summed E-state index contributed by atoms with van der Waals surface area (Å²) in [4.78, 5) is 13.4. The standard InChI is InChI=1S/C15H16O2S2/c16-13(17)5-3-1-2-4-10-11-6-8-18-14(11)15-12(10)7-9-19-15/h6-10H,1-5H2,(H,16,17). The molecule has 0 unspecified atom stereocenters. The van der Waals surface area contributed by atoms with Crippen LogP contribution in [-0.4, -0.2) is 11.1 Å². The van der Waals surface area contributed by atoms with Crippen LogP contribution in [-0.2, 0) is 4.79 Å². The molecule has 1 aliphatic carbocycles.